The highest BCUT2D eigenvalue weighted by atomic mass is 16.5. The van der Waals surface area contributed by atoms with E-state index in [0.29, 0.717) is 19.6 Å². The molecule has 286 valence electrons. The molecule has 0 saturated carbocycles. The zero-order chi connectivity index (χ0) is 38.6. The Balaban J connectivity index is 0.000000284. The van der Waals surface area contributed by atoms with Crippen molar-refractivity contribution in [3.05, 3.63) is 65.2 Å². The summed E-state index contributed by atoms with van der Waals surface area (Å²) in [5.74, 6) is 0.900. The number of hydrogen-bond donors (Lipinski definition) is 0. The minimum absolute atomic E-state index is 0.000931. The van der Waals surface area contributed by atoms with Gasteiger partial charge in [0.15, 0.2) is 0 Å². The molecule has 2 fully saturated rings. The minimum Gasteiger partial charge on any atom is -0.487 e. The molecule has 3 aliphatic heterocycles. The van der Waals surface area contributed by atoms with Gasteiger partial charge < -0.3 is 24.2 Å². The zero-order valence-corrected chi connectivity index (χ0v) is 34.8. The molecule has 0 bridgehead atoms. The highest BCUT2D eigenvalue weighted by molar-refractivity contribution is 5.95. The lowest BCUT2D eigenvalue weighted by atomic mass is 9.79. The number of carbonyl (C=O) groups is 2. The smallest absolute Gasteiger partial charge is 0.247 e. The quantitative estimate of drug-likeness (QED) is 0.318. The number of carbonyl (C=O) groups excluding carboxylic acids is 2. The first kappa shape index (κ1) is 42.5. The Morgan fingerprint density at radius 2 is 1.27 bits per heavy atom. The highest BCUT2D eigenvalue weighted by Gasteiger charge is 2.44. The van der Waals surface area contributed by atoms with Gasteiger partial charge in [0.05, 0.1) is 5.60 Å². The number of fused-ring (bicyclic) bond motifs is 2. The van der Waals surface area contributed by atoms with E-state index in [1.165, 1.54) is 24.1 Å². The first-order valence-corrected chi connectivity index (χ1v) is 18.8. The Kier molecular flexibility index (Phi) is 13.6. The van der Waals surface area contributed by atoms with E-state index in [1.54, 1.807) is 16.9 Å². The van der Waals surface area contributed by atoms with Gasteiger partial charge in [-0.3, -0.25) is 14.5 Å². The Labute approximate surface area is 310 Å². The summed E-state index contributed by atoms with van der Waals surface area (Å²) in [6, 6.07) is 16.2. The number of piperazine rings is 2. The summed E-state index contributed by atoms with van der Waals surface area (Å²) in [4.78, 5) is 34.1. The van der Waals surface area contributed by atoms with E-state index >= 15 is 0 Å². The van der Waals surface area contributed by atoms with Crippen LogP contribution < -0.4 is 4.74 Å². The second-order valence-electron chi connectivity index (χ2n) is 18.6. The molecule has 3 heterocycles. The van der Waals surface area contributed by atoms with Gasteiger partial charge in [0, 0.05) is 57.3 Å². The van der Waals surface area contributed by atoms with Gasteiger partial charge in [0.2, 0.25) is 11.8 Å². The number of amides is 2. The normalized spacial score (nSPS) is 19.3. The number of rotatable bonds is 5. The molecule has 1 unspecified atom stereocenters. The third-order valence-corrected chi connectivity index (χ3v) is 11.7. The Morgan fingerprint density at radius 3 is 1.78 bits per heavy atom. The van der Waals surface area contributed by atoms with Crippen LogP contribution in [0.5, 0.6) is 5.75 Å². The van der Waals surface area contributed by atoms with Crippen molar-refractivity contribution in [3.8, 4) is 5.75 Å². The molecular formula is C43H70N4O4. The van der Waals surface area contributed by atoms with Crippen LogP contribution in [0.3, 0.4) is 0 Å². The average Bonchev–Trinajstić information content (AvgIpc) is 3.03. The van der Waals surface area contributed by atoms with Gasteiger partial charge in [-0.15, -0.1) is 0 Å². The summed E-state index contributed by atoms with van der Waals surface area (Å²) in [6.07, 6.45) is 1.21. The van der Waals surface area contributed by atoms with E-state index in [4.69, 9.17) is 9.47 Å². The molecule has 0 aliphatic carbocycles. The van der Waals surface area contributed by atoms with Crippen molar-refractivity contribution in [1.29, 1.82) is 0 Å². The van der Waals surface area contributed by atoms with Crippen molar-refractivity contribution in [2.75, 3.05) is 46.9 Å². The lowest BCUT2D eigenvalue weighted by Gasteiger charge is -2.49. The van der Waals surface area contributed by atoms with E-state index in [0.717, 1.165) is 24.4 Å². The number of likely N-dealkylation sites (N-methyl/N-ethyl adjacent to an activating group) is 1. The van der Waals surface area contributed by atoms with E-state index < -0.39 is 0 Å². The molecule has 5 rings (SSSR count). The molecule has 3 aliphatic rings. The molecule has 0 aromatic heterocycles. The zero-order valence-electron chi connectivity index (χ0n) is 34.8. The van der Waals surface area contributed by atoms with E-state index in [2.05, 4.69) is 131 Å². The number of benzene rings is 2. The lowest BCUT2D eigenvalue weighted by molar-refractivity contribution is -0.161. The van der Waals surface area contributed by atoms with Crippen LogP contribution >= 0.6 is 0 Å². The predicted octanol–water partition coefficient (Wildman–Crippen LogP) is 7.68. The second kappa shape index (κ2) is 16.4. The number of nitrogens with zero attached hydrogens (tertiary/aromatic N) is 4. The maximum absolute atomic E-state index is 13.2. The molecule has 51 heavy (non-hydrogen) atoms. The first-order chi connectivity index (χ1) is 23.4. The minimum atomic E-state index is -0.385. The summed E-state index contributed by atoms with van der Waals surface area (Å²) in [5, 5.41) is 0. The molecule has 0 spiro atoms. The second-order valence-corrected chi connectivity index (χ2v) is 18.6. The molecule has 0 N–H and O–H groups in total. The van der Waals surface area contributed by atoms with E-state index in [-0.39, 0.29) is 52.0 Å². The molecule has 8 nitrogen and oxygen atoms in total. The SMILES string of the molecule is CC(C)(C)N1CCN2C(=O)CN(Cc3ccc(OC(C)(C)C(C)(C)C)cc3)C(=O)C2C1.CN1CCc2ccccc2C1.COC(C)(C)C(C)(C)C. The van der Waals surface area contributed by atoms with Crippen LogP contribution in [-0.4, -0.2) is 101 Å². The molecule has 0 radical (unpaired) electrons. The largest absolute Gasteiger partial charge is 0.487 e. The molecular weight excluding hydrogens is 636 g/mol. The number of ether oxygens (including phenoxy) is 2. The van der Waals surface area contributed by atoms with Crippen molar-refractivity contribution < 1.29 is 19.1 Å². The Morgan fingerprint density at radius 1 is 0.706 bits per heavy atom. The Hall–Kier alpha value is -2.94. The van der Waals surface area contributed by atoms with Crippen LogP contribution in [0.15, 0.2) is 48.5 Å². The summed E-state index contributed by atoms with van der Waals surface area (Å²) < 4.78 is 11.5. The predicted molar refractivity (Wildman–Crippen MR) is 210 cm³/mol. The average molecular weight is 707 g/mol. The van der Waals surface area contributed by atoms with Crippen LogP contribution in [0.2, 0.25) is 0 Å². The van der Waals surface area contributed by atoms with Crippen molar-refractivity contribution >= 4 is 11.8 Å². The van der Waals surface area contributed by atoms with Crippen LogP contribution in [0.1, 0.15) is 107 Å². The molecule has 2 aromatic rings. The van der Waals surface area contributed by atoms with Gasteiger partial charge in [-0.1, -0.05) is 77.9 Å². The van der Waals surface area contributed by atoms with Gasteiger partial charge in [-0.25, -0.2) is 0 Å². The van der Waals surface area contributed by atoms with Gasteiger partial charge in [0.1, 0.15) is 23.9 Å². The van der Waals surface area contributed by atoms with Gasteiger partial charge in [0.25, 0.3) is 0 Å². The molecule has 2 saturated heterocycles. The molecule has 2 aromatic carbocycles. The fraction of sp³-hybridized carbons (Fsp3) is 0.674. The molecule has 2 amide bonds. The maximum atomic E-state index is 13.2. The van der Waals surface area contributed by atoms with Crippen LogP contribution in [-0.2, 0) is 33.8 Å². The monoisotopic (exact) mass is 707 g/mol. The van der Waals surface area contributed by atoms with Crippen molar-refractivity contribution in [2.45, 2.75) is 132 Å². The highest BCUT2D eigenvalue weighted by Crippen LogP contribution is 2.35. The van der Waals surface area contributed by atoms with Gasteiger partial charge in [-0.05, 0) is 96.2 Å². The van der Waals surface area contributed by atoms with Crippen LogP contribution in [0.25, 0.3) is 0 Å². The summed E-state index contributed by atoms with van der Waals surface area (Å²) in [5.41, 5.74) is 3.90. The Bertz CT molecular complexity index is 1450. The van der Waals surface area contributed by atoms with Crippen molar-refractivity contribution in [2.24, 2.45) is 10.8 Å². The third kappa shape index (κ3) is 11.3. The van der Waals surface area contributed by atoms with Crippen LogP contribution in [0.4, 0.5) is 0 Å². The summed E-state index contributed by atoms with van der Waals surface area (Å²) in [6.45, 7) is 32.8. The fourth-order valence-corrected chi connectivity index (χ4v) is 5.85. The van der Waals surface area contributed by atoms with Crippen molar-refractivity contribution in [3.63, 3.8) is 0 Å². The molecule has 1 atom stereocenters. The summed E-state index contributed by atoms with van der Waals surface area (Å²) >= 11 is 0. The summed E-state index contributed by atoms with van der Waals surface area (Å²) in [7, 11) is 3.93. The number of methoxy groups -OCH3 is 1. The first-order valence-electron chi connectivity index (χ1n) is 18.8. The topological polar surface area (TPSA) is 65.6 Å². The standard InChI is InChI=1S/C25H39N3O3.C10H13N.C8H18O/c1-23(2,3)25(7,8)31-19-11-9-18(10-12-19)15-26-17-21(29)28-14-13-27(24(4,5)6)16-20(28)22(26)30;1-11-7-6-9-4-2-3-5-10(9)8-11;1-7(2,3)8(4,5)9-6/h9-12,20H,13-17H2,1-8H3;2-5H,6-8H2,1H3;1-6H3. The lowest BCUT2D eigenvalue weighted by Crippen LogP contribution is -2.68. The van der Waals surface area contributed by atoms with Gasteiger partial charge >= 0.3 is 0 Å². The third-order valence-electron chi connectivity index (χ3n) is 11.7. The van der Waals surface area contributed by atoms with E-state index in [1.807, 2.05) is 24.3 Å². The number of hydrogen-bond acceptors (Lipinski definition) is 6. The van der Waals surface area contributed by atoms with Crippen LogP contribution in [0, 0.1) is 10.8 Å². The maximum Gasteiger partial charge on any atom is 0.247 e. The van der Waals surface area contributed by atoms with Crippen molar-refractivity contribution in [1.82, 2.24) is 19.6 Å². The fourth-order valence-electron chi connectivity index (χ4n) is 5.85. The van der Waals surface area contributed by atoms with Gasteiger partial charge in [-0.2, -0.15) is 0 Å². The van der Waals surface area contributed by atoms with E-state index in [9.17, 15) is 9.59 Å². The molecule has 8 heteroatoms.